The van der Waals surface area contributed by atoms with E-state index in [1.807, 2.05) is 0 Å². The summed E-state index contributed by atoms with van der Waals surface area (Å²) in [5, 5.41) is 1.65. The molecule has 0 spiro atoms. The summed E-state index contributed by atoms with van der Waals surface area (Å²) in [5.74, 6) is 1.50. The van der Waals surface area contributed by atoms with E-state index in [-0.39, 0.29) is 7.92 Å². The lowest BCUT2D eigenvalue weighted by atomic mass is 9.87. The second kappa shape index (κ2) is 12.7. The molecule has 0 radical (unpaired) electrons. The topological polar surface area (TPSA) is 0 Å². The molecule has 0 fully saturated rings. The molecule has 0 aliphatic heterocycles. The van der Waals surface area contributed by atoms with Crippen LogP contribution in [0.1, 0.15) is 84.4 Å². The first kappa shape index (κ1) is 25.1. The van der Waals surface area contributed by atoms with E-state index in [4.69, 9.17) is 0 Å². The number of hydrogen-bond donors (Lipinski definition) is 0. The smallest absolute Gasteiger partial charge is 0.0101 e. The molecule has 0 saturated heterocycles. The first-order valence-corrected chi connectivity index (χ1v) is 14.1. The Morgan fingerprint density at radius 3 is 1.67 bits per heavy atom. The lowest BCUT2D eigenvalue weighted by molar-refractivity contribution is 0.721. The van der Waals surface area contributed by atoms with Gasteiger partial charge in [-0.2, -0.15) is 0 Å². The van der Waals surface area contributed by atoms with Gasteiger partial charge < -0.3 is 0 Å². The quantitative estimate of drug-likeness (QED) is 0.299. The van der Waals surface area contributed by atoms with Crippen LogP contribution >= 0.6 is 7.92 Å². The van der Waals surface area contributed by atoms with E-state index in [0.29, 0.717) is 0 Å². The minimum absolute atomic E-state index is 0.137. The molecule has 0 aromatic heterocycles. The van der Waals surface area contributed by atoms with Gasteiger partial charge in [-0.25, -0.2) is 0 Å². The van der Waals surface area contributed by atoms with Gasteiger partial charge in [0.25, 0.3) is 0 Å². The Bertz CT molecular complexity index is 735. The fraction of sp³-hybridized carbons (Fsp3) is 0.586. The predicted octanol–water partition coefficient (Wildman–Crippen LogP) is 8.63. The normalized spacial score (nSPS) is 11.8. The summed E-state index contributed by atoms with van der Waals surface area (Å²) < 4.78 is 0. The van der Waals surface area contributed by atoms with Crippen LogP contribution in [0.4, 0.5) is 0 Å². The number of benzene rings is 2. The molecule has 0 heterocycles. The second-order valence-corrected chi connectivity index (χ2v) is 12.0. The molecular formula is C29H45P. The van der Waals surface area contributed by atoms with Crippen LogP contribution in [0.2, 0.25) is 0 Å². The van der Waals surface area contributed by atoms with Gasteiger partial charge in [-0.15, -0.1) is 0 Å². The van der Waals surface area contributed by atoms with Gasteiger partial charge >= 0.3 is 0 Å². The Labute approximate surface area is 188 Å². The maximum atomic E-state index is 2.53. The van der Waals surface area contributed by atoms with Crippen LogP contribution in [-0.2, 0) is 19.3 Å². The Morgan fingerprint density at radius 2 is 1.20 bits per heavy atom. The molecule has 0 aliphatic carbocycles. The third-order valence-corrected chi connectivity index (χ3v) is 9.04. The van der Waals surface area contributed by atoms with Crippen molar-refractivity contribution < 1.29 is 0 Å². The van der Waals surface area contributed by atoms with Crippen LogP contribution in [0, 0.1) is 11.8 Å². The zero-order valence-electron chi connectivity index (χ0n) is 20.7. The lowest BCUT2D eigenvalue weighted by Gasteiger charge is -2.27. The summed E-state index contributed by atoms with van der Waals surface area (Å²) in [6.07, 6.45) is 9.89. The molecule has 2 aromatic rings. The number of rotatable bonds is 12. The predicted molar refractivity (Wildman–Crippen MR) is 140 cm³/mol. The van der Waals surface area contributed by atoms with Gasteiger partial charge in [0, 0.05) is 0 Å². The first-order valence-electron chi connectivity index (χ1n) is 12.4. The average Bonchev–Trinajstić information content (AvgIpc) is 2.68. The maximum absolute atomic E-state index is 2.53. The van der Waals surface area contributed by atoms with Crippen molar-refractivity contribution in [2.75, 3.05) is 12.3 Å². The van der Waals surface area contributed by atoms with Crippen molar-refractivity contribution in [1.82, 2.24) is 0 Å². The fourth-order valence-corrected chi connectivity index (χ4v) is 7.79. The monoisotopic (exact) mass is 424 g/mol. The van der Waals surface area contributed by atoms with Gasteiger partial charge in [-0.05, 0) is 76.5 Å². The zero-order valence-corrected chi connectivity index (χ0v) is 21.6. The van der Waals surface area contributed by atoms with Crippen molar-refractivity contribution >= 4 is 13.2 Å². The van der Waals surface area contributed by atoms with Gasteiger partial charge in [0.1, 0.15) is 0 Å². The SMILES string of the molecule is CCCc1cc(CCC)c(-c2ccccc2P(CC(C)C)CC(C)C)c(CCC)c1. The van der Waals surface area contributed by atoms with Gasteiger partial charge in [-0.3, -0.25) is 0 Å². The van der Waals surface area contributed by atoms with Crippen molar-refractivity contribution in [3.8, 4) is 11.1 Å². The summed E-state index contributed by atoms with van der Waals surface area (Å²) in [5.41, 5.74) is 7.83. The summed E-state index contributed by atoms with van der Waals surface area (Å²) in [6.45, 7) is 16.5. The highest BCUT2D eigenvalue weighted by atomic mass is 31.1. The van der Waals surface area contributed by atoms with Crippen molar-refractivity contribution in [3.05, 3.63) is 53.1 Å². The van der Waals surface area contributed by atoms with Crippen LogP contribution in [0.25, 0.3) is 11.1 Å². The first-order chi connectivity index (χ1) is 14.4. The van der Waals surface area contributed by atoms with E-state index >= 15 is 0 Å². The second-order valence-electron chi connectivity index (χ2n) is 9.75. The van der Waals surface area contributed by atoms with E-state index < -0.39 is 0 Å². The molecule has 2 rings (SSSR count). The van der Waals surface area contributed by atoms with E-state index in [0.717, 1.165) is 11.8 Å². The standard InChI is InChI=1S/C29H45P/c1-8-13-24-18-25(14-9-2)29(26(19-24)15-10-3)27-16-11-12-17-28(27)30(20-22(4)5)21-23(6)7/h11-12,16-19,22-23H,8-10,13-15,20-21H2,1-7H3. The molecule has 2 aromatic carbocycles. The lowest BCUT2D eigenvalue weighted by Crippen LogP contribution is -2.16. The van der Waals surface area contributed by atoms with Crippen LogP contribution in [-0.4, -0.2) is 12.3 Å². The zero-order chi connectivity index (χ0) is 22.1. The molecular weight excluding hydrogens is 379 g/mol. The highest BCUT2D eigenvalue weighted by Gasteiger charge is 2.21. The minimum atomic E-state index is -0.137. The minimum Gasteiger partial charge on any atom is -0.0741 e. The van der Waals surface area contributed by atoms with Crippen molar-refractivity contribution in [2.45, 2.75) is 87.0 Å². The molecule has 0 saturated carbocycles. The van der Waals surface area contributed by atoms with Crippen LogP contribution in [0.3, 0.4) is 0 Å². The Morgan fingerprint density at radius 1 is 0.700 bits per heavy atom. The van der Waals surface area contributed by atoms with Crippen LogP contribution in [0.5, 0.6) is 0 Å². The summed E-state index contributed by atoms with van der Waals surface area (Å²) in [6, 6.07) is 14.5. The van der Waals surface area contributed by atoms with Crippen LogP contribution < -0.4 is 5.30 Å². The maximum Gasteiger partial charge on any atom is -0.0101 e. The molecule has 0 nitrogen and oxygen atoms in total. The number of aryl methyl sites for hydroxylation is 3. The highest BCUT2D eigenvalue weighted by Crippen LogP contribution is 2.43. The number of hydrogen-bond acceptors (Lipinski definition) is 0. The van der Waals surface area contributed by atoms with Crippen LogP contribution in [0.15, 0.2) is 36.4 Å². The van der Waals surface area contributed by atoms with Gasteiger partial charge in [0.05, 0.1) is 0 Å². The largest absolute Gasteiger partial charge is 0.0741 e. The average molecular weight is 425 g/mol. The summed E-state index contributed by atoms with van der Waals surface area (Å²) in [7, 11) is -0.137. The van der Waals surface area contributed by atoms with E-state index in [1.165, 1.54) is 56.4 Å². The molecule has 0 bridgehead atoms. The van der Waals surface area contributed by atoms with E-state index in [1.54, 1.807) is 27.6 Å². The summed E-state index contributed by atoms with van der Waals surface area (Å²) in [4.78, 5) is 0. The highest BCUT2D eigenvalue weighted by molar-refractivity contribution is 7.66. The van der Waals surface area contributed by atoms with Gasteiger partial charge in [0.15, 0.2) is 0 Å². The van der Waals surface area contributed by atoms with Crippen molar-refractivity contribution in [3.63, 3.8) is 0 Å². The van der Waals surface area contributed by atoms with Crippen molar-refractivity contribution in [2.24, 2.45) is 11.8 Å². The Hall–Kier alpha value is -1.13. The molecule has 0 aliphatic rings. The van der Waals surface area contributed by atoms with E-state index in [2.05, 4.69) is 84.9 Å². The molecule has 30 heavy (non-hydrogen) atoms. The molecule has 0 N–H and O–H groups in total. The molecule has 1 heteroatoms. The van der Waals surface area contributed by atoms with Crippen molar-refractivity contribution in [1.29, 1.82) is 0 Å². The Balaban J connectivity index is 2.70. The van der Waals surface area contributed by atoms with Gasteiger partial charge in [0.2, 0.25) is 0 Å². The Kier molecular flexibility index (Phi) is 10.6. The molecule has 0 amide bonds. The molecule has 166 valence electrons. The summed E-state index contributed by atoms with van der Waals surface area (Å²) >= 11 is 0. The molecule has 0 atom stereocenters. The third kappa shape index (κ3) is 6.95. The van der Waals surface area contributed by atoms with E-state index in [9.17, 15) is 0 Å². The molecule has 0 unspecified atom stereocenters. The third-order valence-electron chi connectivity index (χ3n) is 5.62. The van der Waals surface area contributed by atoms with Gasteiger partial charge in [-0.1, -0.05) is 112 Å². The fourth-order valence-electron chi connectivity index (χ4n) is 4.67.